The molecule has 1 aliphatic rings. The highest BCUT2D eigenvalue weighted by Crippen LogP contribution is 2.55. The van der Waals surface area contributed by atoms with Gasteiger partial charge in [0, 0.05) is 25.6 Å². The van der Waals surface area contributed by atoms with Gasteiger partial charge in [0.05, 0.1) is 5.41 Å². The van der Waals surface area contributed by atoms with Gasteiger partial charge >= 0.3 is 0 Å². The summed E-state index contributed by atoms with van der Waals surface area (Å²) < 4.78 is 0. The maximum Gasteiger partial charge on any atom is 0.233 e. The number of rotatable bonds is 9. The van der Waals surface area contributed by atoms with E-state index < -0.39 is 5.41 Å². The number of unbranched alkanes of at least 4 members (excludes halogenated alkanes) is 3. The molecule has 1 N–H and O–H groups in total. The van der Waals surface area contributed by atoms with Crippen LogP contribution in [0.25, 0.3) is 0 Å². The number of hydrogen-bond acceptors (Lipinski definition) is 2. The summed E-state index contributed by atoms with van der Waals surface area (Å²) in [5.41, 5.74) is 0.586. The van der Waals surface area contributed by atoms with Gasteiger partial charge < -0.3 is 10.0 Å². The van der Waals surface area contributed by atoms with Crippen LogP contribution in [-0.2, 0) is 10.2 Å². The Hall–Kier alpha value is -1.35. The molecule has 0 heterocycles. The molecule has 1 fully saturated rings. The van der Waals surface area contributed by atoms with Crippen molar-refractivity contribution < 1.29 is 9.90 Å². The van der Waals surface area contributed by atoms with Gasteiger partial charge in [-0.05, 0) is 25.3 Å². The van der Waals surface area contributed by atoms with Crippen LogP contribution in [0, 0.1) is 5.92 Å². The fourth-order valence-electron chi connectivity index (χ4n) is 3.44. The third-order valence-electron chi connectivity index (χ3n) is 4.95. The molecule has 22 heavy (non-hydrogen) atoms. The third-order valence-corrected chi connectivity index (χ3v) is 4.95. The first kappa shape index (κ1) is 17.0. The van der Waals surface area contributed by atoms with Crippen LogP contribution in [0.5, 0.6) is 0 Å². The standard InChI is InChI=1S/C19H29NO2/c1-3-5-6-10-13-20(4-2)18(22)19(14-17(19)15-21)16-11-8-7-9-12-16/h7-9,11-12,17,21H,3-6,10,13-15H2,1-2H3. The summed E-state index contributed by atoms with van der Waals surface area (Å²) in [6, 6.07) is 9.99. The maximum absolute atomic E-state index is 13.1. The van der Waals surface area contributed by atoms with Gasteiger partial charge in [-0.25, -0.2) is 0 Å². The molecule has 1 saturated carbocycles. The Balaban J connectivity index is 2.10. The molecule has 1 aromatic rings. The maximum atomic E-state index is 13.1. The van der Waals surface area contributed by atoms with Crippen LogP contribution < -0.4 is 0 Å². The summed E-state index contributed by atoms with van der Waals surface area (Å²) in [5, 5.41) is 9.58. The van der Waals surface area contributed by atoms with E-state index in [-0.39, 0.29) is 18.4 Å². The van der Waals surface area contributed by atoms with E-state index in [1.54, 1.807) is 0 Å². The topological polar surface area (TPSA) is 40.5 Å². The van der Waals surface area contributed by atoms with Crippen LogP contribution >= 0.6 is 0 Å². The number of aliphatic hydroxyl groups is 1. The van der Waals surface area contributed by atoms with Crippen LogP contribution in [0.2, 0.25) is 0 Å². The first-order valence-corrected chi connectivity index (χ1v) is 8.66. The minimum Gasteiger partial charge on any atom is -0.396 e. The SMILES string of the molecule is CCCCCCN(CC)C(=O)C1(c2ccccc2)CC1CO. The predicted octanol–water partition coefficient (Wildman–Crippen LogP) is 3.37. The van der Waals surface area contributed by atoms with Crippen molar-refractivity contribution >= 4 is 5.91 Å². The van der Waals surface area contributed by atoms with Crippen molar-refractivity contribution in [1.82, 2.24) is 4.90 Å². The van der Waals surface area contributed by atoms with Crippen molar-refractivity contribution in [3.8, 4) is 0 Å². The van der Waals surface area contributed by atoms with E-state index in [0.29, 0.717) is 0 Å². The lowest BCUT2D eigenvalue weighted by Gasteiger charge is -2.27. The van der Waals surface area contributed by atoms with E-state index in [2.05, 4.69) is 6.92 Å². The fourth-order valence-corrected chi connectivity index (χ4v) is 3.44. The van der Waals surface area contributed by atoms with Crippen LogP contribution in [0.1, 0.15) is 51.5 Å². The summed E-state index contributed by atoms with van der Waals surface area (Å²) in [6.07, 6.45) is 5.47. The molecule has 1 aliphatic carbocycles. The Morgan fingerprint density at radius 3 is 2.50 bits per heavy atom. The zero-order chi connectivity index (χ0) is 16.0. The van der Waals surface area contributed by atoms with Crippen molar-refractivity contribution in [3.63, 3.8) is 0 Å². The van der Waals surface area contributed by atoms with E-state index >= 15 is 0 Å². The summed E-state index contributed by atoms with van der Waals surface area (Å²) in [5.74, 6) is 0.281. The molecule has 3 heteroatoms. The lowest BCUT2D eigenvalue weighted by atomic mass is 9.91. The van der Waals surface area contributed by atoms with E-state index in [1.807, 2.05) is 42.2 Å². The molecule has 0 aliphatic heterocycles. The summed E-state index contributed by atoms with van der Waals surface area (Å²) >= 11 is 0. The number of carbonyl (C=O) groups excluding carboxylic acids is 1. The molecular weight excluding hydrogens is 274 g/mol. The molecule has 1 aromatic carbocycles. The number of likely N-dealkylation sites (N-methyl/N-ethyl adjacent to an activating group) is 1. The van der Waals surface area contributed by atoms with Gasteiger partial charge in [0.2, 0.25) is 5.91 Å². The highest BCUT2D eigenvalue weighted by molar-refractivity contribution is 5.92. The second-order valence-electron chi connectivity index (χ2n) is 6.37. The quantitative estimate of drug-likeness (QED) is 0.711. The van der Waals surface area contributed by atoms with Crippen molar-refractivity contribution in [2.75, 3.05) is 19.7 Å². The number of aliphatic hydroxyl groups excluding tert-OH is 1. The van der Waals surface area contributed by atoms with Gasteiger partial charge in [-0.1, -0.05) is 56.5 Å². The smallest absolute Gasteiger partial charge is 0.233 e. The second-order valence-corrected chi connectivity index (χ2v) is 6.37. The molecular formula is C19H29NO2. The van der Waals surface area contributed by atoms with E-state index in [1.165, 1.54) is 19.3 Å². The monoisotopic (exact) mass is 303 g/mol. The minimum absolute atomic E-state index is 0.0760. The van der Waals surface area contributed by atoms with Gasteiger partial charge in [-0.15, -0.1) is 0 Å². The lowest BCUT2D eigenvalue weighted by Crippen LogP contribution is -2.41. The van der Waals surface area contributed by atoms with Gasteiger partial charge in [0.1, 0.15) is 0 Å². The van der Waals surface area contributed by atoms with Crippen molar-refractivity contribution in [3.05, 3.63) is 35.9 Å². The van der Waals surface area contributed by atoms with Gasteiger partial charge in [0.25, 0.3) is 0 Å². The first-order chi connectivity index (χ1) is 10.7. The average Bonchev–Trinajstić information content (AvgIpc) is 3.31. The minimum atomic E-state index is -0.475. The summed E-state index contributed by atoms with van der Waals surface area (Å²) in [7, 11) is 0. The van der Waals surface area contributed by atoms with Crippen molar-refractivity contribution in [2.24, 2.45) is 5.92 Å². The van der Waals surface area contributed by atoms with E-state index in [0.717, 1.165) is 31.5 Å². The Morgan fingerprint density at radius 2 is 1.95 bits per heavy atom. The molecule has 0 bridgehead atoms. The molecule has 2 unspecified atom stereocenters. The molecule has 2 atom stereocenters. The van der Waals surface area contributed by atoms with Gasteiger partial charge in [-0.3, -0.25) is 4.79 Å². The summed E-state index contributed by atoms with van der Waals surface area (Å²) in [4.78, 5) is 15.1. The highest BCUT2D eigenvalue weighted by Gasteiger charge is 2.61. The van der Waals surface area contributed by atoms with Gasteiger partial charge in [-0.2, -0.15) is 0 Å². The molecule has 3 nitrogen and oxygen atoms in total. The normalized spacial score (nSPS) is 23.3. The largest absolute Gasteiger partial charge is 0.396 e. The first-order valence-electron chi connectivity index (χ1n) is 8.66. The van der Waals surface area contributed by atoms with E-state index in [4.69, 9.17) is 0 Å². The Labute approximate surface area is 134 Å². The van der Waals surface area contributed by atoms with Crippen LogP contribution in [0.4, 0.5) is 0 Å². The second kappa shape index (κ2) is 7.77. The fraction of sp³-hybridized carbons (Fsp3) is 0.632. The number of nitrogens with zero attached hydrogens (tertiary/aromatic N) is 1. The number of amides is 1. The number of hydrogen-bond donors (Lipinski definition) is 1. The molecule has 122 valence electrons. The Kier molecular flexibility index (Phi) is 6.01. The predicted molar refractivity (Wildman–Crippen MR) is 89.7 cm³/mol. The Morgan fingerprint density at radius 1 is 1.23 bits per heavy atom. The van der Waals surface area contributed by atoms with Crippen molar-refractivity contribution in [2.45, 2.75) is 51.4 Å². The molecule has 0 radical (unpaired) electrons. The highest BCUT2D eigenvalue weighted by atomic mass is 16.3. The van der Waals surface area contributed by atoms with Crippen LogP contribution in [0.15, 0.2) is 30.3 Å². The Bertz CT molecular complexity index is 474. The van der Waals surface area contributed by atoms with E-state index in [9.17, 15) is 9.90 Å². The average molecular weight is 303 g/mol. The number of benzene rings is 1. The molecule has 0 spiro atoms. The number of carbonyl (C=O) groups is 1. The van der Waals surface area contributed by atoms with Gasteiger partial charge in [0.15, 0.2) is 0 Å². The molecule has 0 aromatic heterocycles. The van der Waals surface area contributed by atoms with Crippen LogP contribution in [0.3, 0.4) is 0 Å². The summed E-state index contributed by atoms with van der Waals surface area (Å²) in [6.45, 7) is 5.92. The molecule has 0 saturated heterocycles. The lowest BCUT2D eigenvalue weighted by molar-refractivity contribution is -0.134. The molecule has 2 rings (SSSR count). The molecule has 1 amide bonds. The zero-order valence-corrected chi connectivity index (χ0v) is 13.9. The van der Waals surface area contributed by atoms with Crippen molar-refractivity contribution in [1.29, 1.82) is 0 Å². The third kappa shape index (κ3) is 3.35. The van der Waals surface area contributed by atoms with Crippen LogP contribution in [-0.4, -0.2) is 35.6 Å². The zero-order valence-electron chi connectivity index (χ0n) is 13.9.